The lowest BCUT2D eigenvalue weighted by Gasteiger charge is -2.24. The van der Waals surface area contributed by atoms with Gasteiger partial charge in [-0.2, -0.15) is 0 Å². The van der Waals surface area contributed by atoms with E-state index in [1.54, 1.807) is 0 Å². The third kappa shape index (κ3) is 4.40. The summed E-state index contributed by atoms with van der Waals surface area (Å²) in [5.74, 6) is 0.133. The molecule has 0 spiro atoms. The first-order valence-electron chi connectivity index (χ1n) is 6.46. The minimum absolute atomic E-state index is 0.133. The van der Waals surface area contributed by atoms with Gasteiger partial charge in [0, 0.05) is 24.8 Å². The average Bonchev–Trinajstić information content (AvgIpc) is 2.27. The molecule has 1 aromatic carbocycles. The zero-order valence-corrected chi connectivity index (χ0v) is 12.0. The summed E-state index contributed by atoms with van der Waals surface area (Å²) in [4.78, 5) is 2.18. The summed E-state index contributed by atoms with van der Waals surface area (Å²) in [7, 11) is 2.06. The normalized spacial score (nSPS) is 11.3. The maximum atomic E-state index is 7.60. The Labute approximate surface area is 111 Å². The van der Waals surface area contributed by atoms with Gasteiger partial charge in [0.15, 0.2) is 0 Å². The molecule has 0 aliphatic carbocycles. The van der Waals surface area contributed by atoms with Gasteiger partial charge >= 0.3 is 0 Å². The molecule has 0 saturated heterocycles. The first-order chi connectivity index (χ1) is 8.31. The Balaban J connectivity index is 2.67. The van der Waals surface area contributed by atoms with E-state index in [4.69, 9.17) is 11.1 Å². The van der Waals surface area contributed by atoms with Crippen LogP contribution < -0.4 is 10.6 Å². The molecule has 18 heavy (non-hydrogen) atoms. The molecule has 0 aromatic heterocycles. The van der Waals surface area contributed by atoms with E-state index in [-0.39, 0.29) is 5.84 Å². The summed E-state index contributed by atoms with van der Waals surface area (Å²) in [6.07, 6.45) is 2.34. The number of rotatable bonds is 5. The second-order valence-electron chi connectivity index (χ2n) is 6.02. The molecule has 0 unspecified atom stereocenters. The van der Waals surface area contributed by atoms with Crippen molar-refractivity contribution in [1.82, 2.24) is 0 Å². The van der Waals surface area contributed by atoms with E-state index < -0.39 is 0 Å². The van der Waals surface area contributed by atoms with Crippen LogP contribution in [0.4, 0.5) is 5.69 Å². The molecule has 1 aromatic rings. The van der Waals surface area contributed by atoms with Crippen molar-refractivity contribution in [2.24, 2.45) is 11.1 Å². The molecule has 0 fully saturated rings. The lowest BCUT2D eigenvalue weighted by Crippen LogP contribution is -2.24. The number of hydrogen-bond acceptors (Lipinski definition) is 2. The maximum Gasteiger partial charge on any atom is 0.124 e. The highest BCUT2D eigenvalue weighted by molar-refractivity contribution is 6.00. The number of nitrogen functional groups attached to an aromatic ring is 1. The number of benzene rings is 1. The fourth-order valence-corrected chi connectivity index (χ4v) is 2.00. The van der Waals surface area contributed by atoms with Crippen LogP contribution in [0.15, 0.2) is 24.3 Å². The van der Waals surface area contributed by atoms with Crippen molar-refractivity contribution < 1.29 is 0 Å². The van der Waals surface area contributed by atoms with E-state index in [9.17, 15) is 0 Å². The van der Waals surface area contributed by atoms with E-state index in [1.807, 2.05) is 24.3 Å². The van der Waals surface area contributed by atoms with Gasteiger partial charge in [0.1, 0.15) is 5.84 Å². The zero-order valence-electron chi connectivity index (χ0n) is 12.0. The zero-order chi connectivity index (χ0) is 13.8. The first-order valence-corrected chi connectivity index (χ1v) is 6.46. The number of nitrogens with one attached hydrogen (secondary N) is 1. The van der Waals surface area contributed by atoms with Gasteiger partial charge in [-0.1, -0.05) is 32.9 Å². The van der Waals surface area contributed by atoms with E-state index in [0.717, 1.165) is 24.2 Å². The quantitative estimate of drug-likeness (QED) is 0.620. The number of nitrogens with zero attached hydrogens (tertiary/aromatic N) is 1. The van der Waals surface area contributed by atoms with Crippen LogP contribution in [0.25, 0.3) is 0 Å². The van der Waals surface area contributed by atoms with E-state index in [2.05, 4.69) is 32.7 Å². The minimum Gasteiger partial charge on any atom is -0.384 e. The third-order valence-corrected chi connectivity index (χ3v) is 3.03. The van der Waals surface area contributed by atoms with Gasteiger partial charge < -0.3 is 10.6 Å². The van der Waals surface area contributed by atoms with Crippen molar-refractivity contribution in [2.75, 3.05) is 18.5 Å². The Bertz CT molecular complexity index is 404. The molecular weight excluding hydrogens is 222 g/mol. The molecule has 0 radical (unpaired) electrons. The van der Waals surface area contributed by atoms with Gasteiger partial charge in [0.05, 0.1) is 0 Å². The van der Waals surface area contributed by atoms with Crippen LogP contribution in [0.2, 0.25) is 0 Å². The second kappa shape index (κ2) is 5.89. The fraction of sp³-hybridized carbons (Fsp3) is 0.533. The highest BCUT2D eigenvalue weighted by Gasteiger charge is 2.12. The highest BCUT2D eigenvalue weighted by atomic mass is 15.1. The van der Waals surface area contributed by atoms with Crippen LogP contribution in [-0.2, 0) is 0 Å². The summed E-state index contributed by atoms with van der Waals surface area (Å²) in [5, 5.41) is 7.60. The maximum absolute atomic E-state index is 7.60. The lowest BCUT2D eigenvalue weighted by atomic mass is 9.90. The fourth-order valence-electron chi connectivity index (χ4n) is 2.00. The Hall–Kier alpha value is -1.51. The number of para-hydroxylation sites is 1. The molecule has 0 heterocycles. The van der Waals surface area contributed by atoms with Gasteiger partial charge in [-0.15, -0.1) is 0 Å². The van der Waals surface area contributed by atoms with E-state index >= 15 is 0 Å². The molecule has 0 atom stereocenters. The van der Waals surface area contributed by atoms with E-state index in [0.29, 0.717) is 5.41 Å². The van der Waals surface area contributed by atoms with Crippen molar-refractivity contribution in [3.63, 3.8) is 0 Å². The molecule has 0 aliphatic rings. The topological polar surface area (TPSA) is 53.1 Å². The monoisotopic (exact) mass is 247 g/mol. The lowest BCUT2D eigenvalue weighted by molar-refractivity contribution is 0.367. The summed E-state index contributed by atoms with van der Waals surface area (Å²) in [5.41, 5.74) is 7.84. The van der Waals surface area contributed by atoms with Gasteiger partial charge in [-0.3, -0.25) is 5.41 Å². The summed E-state index contributed by atoms with van der Waals surface area (Å²) in [6.45, 7) is 7.77. The van der Waals surface area contributed by atoms with Gasteiger partial charge in [-0.05, 0) is 30.4 Å². The summed E-state index contributed by atoms with van der Waals surface area (Å²) in [6, 6.07) is 7.83. The summed E-state index contributed by atoms with van der Waals surface area (Å²) >= 11 is 0. The van der Waals surface area contributed by atoms with Crippen LogP contribution in [0.3, 0.4) is 0 Å². The van der Waals surface area contributed by atoms with Crippen molar-refractivity contribution in [3.8, 4) is 0 Å². The third-order valence-electron chi connectivity index (χ3n) is 3.03. The summed E-state index contributed by atoms with van der Waals surface area (Å²) < 4.78 is 0. The largest absolute Gasteiger partial charge is 0.384 e. The Kier molecular flexibility index (Phi) is 4.76. The van der Waals surface area contributed by atoms with Crippen molar-refractivity contribution in [3.05, 3.63) is 29.8 Å². The minimum atomic E-state index is 0.133. The molecule has 0 amide bonds. The Morgan fingerprint density at radius 1 is 1.28 bits per heavy atom. The molecule has 3 N–H and O–H groups in total. The highest BCUT2D eigenvalue weighted by Crippen LogP contribution is 2.23. The number of hydrogen-bond donors (Lipinski definition) is 2. The predicted molar refractivity (Wildman–Crippen MR) is 79.4 cm³/mol. The van der Waals surface area contributed by atoms with Gasteiger partial charge in [0.2, 0.25) is 0 Å². The molecular formula is C15H25N3. The first kappa shape index (κ1) is 14.6. The smallest absolute Gasteiger partial charge is 0.124 e. The van der Waals surface area contributed by atoms with Crippen molar-refractivity contribution in [2.45, 2.75) is 33.6 Å². The molecule has 1 rings (SSSR count). The molecule has 0 saturated carbocycles. The van der Waals surface area contributed by atoms with Crippen LogP contribution >= 0.6 is 0 Å². The molecule has 100 valence electrons. The van der Waals surface area contributed by atoms with E-state index in [1.165, 1.54) is 6.42 Å². The average molecular weight is 247 g/mol. The standard InChI is InChI=1S/C15H25N3/c1-15(2,3)10-7-11-18(4)13-9-6-5-8-12(13)14(16)17/h5-6,8-9H,7,10-11H2,1-4H3,(H3,16,17). The van der Waals surface area contributed by atoms with Crippen LogP contribution in [0.5, 0.6) is 0 Å². The number of anilines is 1. The van der Waals surface area contributed by atoms with Gasteiger partial charge in [-0.25, -0.2) is 0 Å². The van der Waals surface area contributed by atoms with Crippen LogP contribution in [0.1, 0.15) is 39.2 Å². The number of nitrogens with two attached hydrogens (primary N) is 1. The Morgan fingerprint density at radius 3 is 2.44 bits per heavy atom. The second-order valence-corrected chi connectivity index (χ2v) is 6.02. The number of amidine groups is 1. The molecule has 0 bridgehead atoms. The van der Waals surface area contributed by atoms with Crippen molar-refractivity contribution >= 4 is 11.5 Å². The molecule has 3 heteroatoms. The Morgan fingerprint density at radius 2 is 1.89 bits per heavy atom. The van der Waals surface area contributed by atoms with Gasteiger partial charge in [0.25, 0.3) is 0 Å². The SMILES string of the molecule is CN(CCCC(C)(C)C)c1ccccc1C(=N)N. The van der Waals surface area contributed by atoms with Crippen LogP contribution in [-0.4, -0.2) is 19.4 Å². The van der Waals surface area contributed by atoms with Crippen LogP contribution in [0, 0.1) is 10.8 Å². The molecule has 0 aliphatic heterocycles. The predicted octanol–water partition coefficient (Wildman–Crippen LogP) is 3.23. The van der Waals surface area contributed by atoms with Crippen molar-refractivity contribution in [1.29, 1.82) is 5.41 Å². The molecule has 3 nitrogen and oxygen atoms in total.